The van der Waals surface area contributed by atoms with Crippen LogP contribution in [0.3, 0.4) is 0 Å². The Labute approximate surface area is 84.7 Å². The summed E-state index contributed by atoms with van der Waals surface area (Å²) in [5, 5.41) is 0. The Morgan fingerprint density at radius 2 is 2.50 bits per heavy atom. The molecule has 1 atom stereocenters. The van der Waals surface area contributed by atoms with Crippen LogP contribution in [0.15, 0.2) is 12.2 Å². The third kappa shape index (κ3) is 3.12. The summed E-state index contributed by atoms with van der Waals surface area (Å²) < 4.78 is 5.38. The van der Waals surface area contributed by atoms with Crippen LogP contribution in [0.25, 0.3) is 0 Å². The van der Waals surface area contributed by atoms with Crippen LogP contribution in [0, 0.1) is 0 Å². The number of allylic oxidation sites excluding steroid dienone is 1. The van der Waals surface area contributed by atoms with Gasteiger partial charge in [0.1, 0.15) is 0 Å². The fourth-order valence-corrected chi connectivity index (χ4v) is 1.44. The van der Waals surface area contributed by atoms with Crippen LogP contribution < -0.4 is 5.73 Å². The van der Waals surface area contributed by atoms with Gasteiger partial charge in [-0.15, -0.1) is 0 Å². The lowest BCUT2D eigenvalue weighted by Gasteiger charge is -2.32. The predicted molar refractivity (Wildman–Crippen MR) is 54.8 cm³/mol. The molecule has 1 aliphatic rings. The van der Waals surface area contributed by atoms with E-state index in [0.29, 0.717) is 32.7 Å². The topological polar surface area (TPSA) is 55.6 Å². The summed E-state index contributed by atoms with van der Waals surface area (Å²) in [6.07, 6.45) is 4.25. The minimum atomic E-state index is 0.0123. The summed E-state index contributed by atoms with van der Waals surface area (Å²) >= 11 is 0. The molecular weight excluding hydrogens is 180 g/mol. The van der Waals surface area contributed by atoms with Crippen molar-refractivity contribution in [3.8, 4) is 0 Å². The number of rotatable bonds is 3. The van der Waals surface area contributed by atoms with Crippen LogP contribution in [-0.4, -0.2) is 43.2 Å². The number of carbonyl (C=O) groups excluding carboxylic acids is 1. The van der Waals surface area contributed by atoms with Gasteiger partial charge in [0.2, 0.25) is 5.91 Å². The summed E-state index contributed by atoms with van der Waals surface area (Å²) in [5.41, 5.74) is 5.49. The summed E-state index contributed by atoms with van der Waals surface area (Å²) in [6.45, 7) is 4.31. The molecule has 0 aromatic heterocycles. The lowest BCUT2D eigenvalue weighted by Crippen LogP contribution is -2.48. The van der Waals surface area contributed by atoms with Crippen molar-refractivity contribution < 1.29 is 9.53 Å². The zero-order valence-electron chi connectivity index (χ0n) is 8.61. The number of hydrogen-bond acceptors (Lipinski definition) is 3. The highest BCUT2D eigenvalue weighted by Gasteiger charge is 2.21. The molecule has 4 heteroatoms. The number of amides is 1. The van der Waals surface area contributed by atoms with Crippen LogP contribution in [0.1, 0.15) is 13.3 Å². The molecule has 0 radical (unpaired) electrons. The van der Waals surface area contributed by atoms with Crippen LogP contribution in [0.4, 0.5) is 0 Å². The molecule has 0 bridgehead atoms. The van der Waals surface area contributed by atoms with E-state index in [4.69, 9.17) is 10.5 Å². The fourth-order valence-electron chi connectivity index (χ4n) is 1.44. The van der Waals surface area contributed by atoms with E-state index in [0.717, 1.165) is 0 Å². The molecule has 1 aliphatic heterocycles. The maximum absolute atomic E-state index is 11.6. The summed E-state index contributed by atoms with van der Waals surface area (Å²) in [4.78, 5) is 13.4. The van der Waals surface area contributed by atoms with E-state index in [9.17, 15) is 4.79 Å². The molecule has 0 spiro atoms. The number of hydrogen-bond donors (Lipinski definition) is 1. The summed E-state index contributed by atoms with van der Waals surface area (Å²) in [7, 11) is 0. The largest absolute Gasteiger partial charge is 0.373 e. The Bertz CT molecular complexity index is 216. The van der Waals surface area contributed by atoms with Crippen LogP contribution in [0.5, 0.6) is 0 Å². The van der Waals surface area contributed by atoms with Gasteiger partial charge in [0.15, 0.2) is 0 Å². The molecule has 0 aromatic carbocycles. The molecule has 1 saturated heterocycles. The van der Waals surface area contributed by atoms with E-state index in [1.165, 1.54) is 0 Å². The zero-order chi connectivity index (χ0) is 10.4. The fraction of sp³-hybridized carbons (Fsp3) is 0.700. The average Bonchev–Trinajstić information content (AvgIpc) is 2.26. The van der Waals surface area contributed by atoms with Crippen LogP contribution in [0.2, 0.25) is 0 Å². The third-order valence-corrected chi connectivity index (χ3v) is 2.28. The van der Waals surface area contributed by atoms with Gasteiger partial charge in [0.25, 0.3) is 0 Å². The van der Waals surface area contributed by atoms with Crippen molar-refractivity contribution in [1.82, 2.24) is 4.90 Å². The first-order valence-corrected chi connectivity index (χ1v) is 4.98. The molecule has 0 aliphatic carbocycles. The SMILES string of the molecule is CC=CCC(=O)N1CCOC(CN)C1. The van der Waals surface area contributed by atoms with Gasteiger partial charge in [0, 0.05) is 26.1 Å². The van der Waals surface area contributed by atoms with Crippen molar-refractivity contribution >= 4 is 5.91 Å². The Morgan fingerprint density at radius 1 is 1.71 bits per heavy atom. The molecule has 1 amide bonds. The van der Waals surface area contributed by atoms with Crippen LogP contribution in [-0.2, 0) is 9.53 Å². The highest BCUT2D eigenvalue weighted by Crippen LogP contribution is 2.06. The van der Waals surface area contributed by atoms with Gasteiger partial charge >= 0.3 is 0 Å². The maximum atomic E-state index is 11.6. The number of morpholine rings is 1. The molecule has 4 nitrogen and oxygen atoms in total. The minimum absolute atomic E-state index is 0.0123. The van der Waals surface area contributed by atoms with Gasteiger partial charge < -0.3 is 15.4 Å². The van der Waals surface area contributed by atoms with Crippen molar-refractivity contribution in [3.63, 3.8) is 0 Å². The Hall–Kier alpha value is -0.870. The smallest absolute Gasteiger partial charge is 0.226 e. The summed E-state index contributed by atoms with van der Waals surface area (Å²) in [6, 6.07) is 0. The Morgan fingerprint density at radius 3 is 3.14 bits per heavy atom. The van der Waals surface area contributed by atoms with Gasteiger partial charge in [-0.25, -0.2) is 0 Å². The van der Waals surface area contributed by atoms with Crippen molar-refractivity contribution in [2.75, 3.05) is 26.2 Å². The summed E-state index contributed by atoms with van der Waals surface area (Å²) in [5.74, 6) is 0.157. The Balaban J connectivity index is 2.39. The number of ether oxygens (including phenoxy) is 1. The highest BCUT2D eigenvalue weighted by molar-refractivity contribution is 5.77. The van der Waals surface area contributed by atoms with E-state index in [1.54, 1.807) is 0 Å². The second-order valence-electron chi connectivity index (χ2n) is 3.34. The zero-order valence-corrected chi connectivity index (χ0v) is 8.61. The molecule has 14 heavy (non-hydrogen) atoms. The number of nitrogens with zero attached hydrogens (tertiary/aromatic N) is 1. The van der Waals surface area contributed by atoms with E-state index in [-0.39, 0.29) is 12.0 Å². The quantitative estimate of drug-likeness (QED) is 0.656. The first-order chi connectivity index (χ1) is 6.77. The van der Waals surface area contributed by atoms with Gasteiger partial charge in [0.05, 0.1) is 12.7 Å². The molecule has 1 fully saturated rings. The van der Waals surface area contributed by atoms with Gasteiger partial charge in [-0.3, -0.25) is 4.79 Å². The maximum Gasteiger partial charge on any atom is 0.226 e. The average molecular weight is 198 g/mol. The lowest BCUT2D eigenvalue weighted by atomic mass is 10.2. The third-order valence-electron chi connectivity index (χ3n) is 2.28. The normalized spacial score (nSPS) is 23.0. The monoisotopic (exact) mass is 198 g/mol. The second-order valence-corrected chi connectivity index (χ2v) is 3.34. The van der Waals surface area contributed by atoms with Crippen molar-refractivity contribution in [2.24, 2.45) is 5.73 Å². The van der Waals surface area contributed by atoms with Gasteiger partial charge in [-0.1, -0.05) is 12.2 Å². The van der Waals surface area contributed by atoms with Crippen molar-refractivity contribution in [1.29, 1.82) is 0 Å². The van der Waals surface area contributed by atoms with E-state index in [1.807, 2.05) is 24.0 Å². The van der Waals surface area contributed by atoms with Crippen molar-refractivity contribution in [2.45, 2.75) is 19.4 Å². The molecular formula is C10H18N2O2. The van der Waals surface area contributed by atoms with Crippen molar-refractivity contribution in [3.05, 3.63) is 12.2 Å². The first-order valence-electron chi connectivity index (χ1n) is 4.98. The second kappa shape index (κ2) is 5.78. The van der Waals surface area contributed by atoms with Gasteiger partial charge in [-0.05, 0) is 6.92 Å². The minimum Gasteiger partial charge on any atom is -0.373 e. The highest BCUT2D eigenvalue weighted by atomic mass is 16.5. The molecule has 0 saturated carbocycles. The van der Waals surface area contributed by atoms with E-state index < -0.39 is 0 Å². The molecule has 1 unspecified atom stereocenters. The molecule has 80 valence electrons. The van der Waals surface area contributed by atoms with Crippen LogP contribution >= 0.6 is 0 Å². The predicted octanol–water partition coefficient (Wildman–Crippen LogP) is 0.139. The first kappa shape index (κ1) is 11.2. The number of nitrogens with two attached hydrogens (primary N) is 1. The molecule has 2 N–H and O–H groups in total. The lowest BCUT2D eigenvalue weighted by molar-refractivity contribution is -0.137. The number of carbonyl (C=O) groups is 1. The standard InChI is InChI=1S/C10H18N2O2/c1-2-3-4-10(13)12-5-6-14-9(7-11)8-12/h2-3,9H,4-8,11H2,1H3. The Kier molecular flexibility index (Phi) is 4.62. The molecule has 0 aromatic rings. The van der Waals surface area contributed by atoms with E-state index >= 15 is 0 Å². The van der Waals surface area contributed by atoms with Gasteiger partial charge in [-0.2, -0.15) is 0 Å². The molecule has 1 heterocycles. The molecule has 1 rings (SSSR count). The van der Waals surface area contributed by atoms with E-state index in [2.05, 4.69) is 0 Å².